The van der Waals surface area contributed by atoms with Crippen LogP contribution in [0.15, 0.2) is 42.0 Å². The largest absolute Gasteiger partial charge is 0.505 e. The number of rotatable bonds is 3. The molecule has 1 aliphatic carbocycles. The van der Waals surface area contributed by atoms with Crippen LogP contribution in [0.5, 0.6) is 5.75 Å². The molecule has 2 aliphatic rings. The van der Waals surface area contributed by atoms with Crippen LogP contribution in [0.4, 0.5) is 0 Å². The summed E-state index contributed by atoms with van der Waals surface area (Å²) in [6.45, 7) is 1.34. The van der Waals surface area contributed by atoms with Gasteiger partial charge in [0.2, 0.25) is 0 Å². The molecule has 26 heavy (non-hydrogen) atoms. The number of carbonyl (C=O) groups is 2. The van der Waals surface area contributed by atoms with Gasteiger partial charge < -0.3 is 14.4 Å². The molecule has 2 heterocycles. The molecule has 134 valence electrons. The molecule has 1 spiro atoms. The predicted octanol–water partition coefficient (Wildman–Crippen LogP) is 3.87. The molecule has 1 saturated carbocycles. The molecular formula is C21H21NO4. The third-order valence-electron chi connectivity index (χ3n) is 5.61. The maximum Gasteiger partial charge on any atom is 0.196 e. The maximum atomic E-state index is 13.3. The van der Waals surface area contributed by atoms with Gasteiger partial charge in [0.15, 0.2) is 17.3 Å². The van der Waals surface area contributed by atoms with E-state index in [0.29, 0.717) is 18.5 Å². The third-order valence-corrected chi connectivity index (χ3v) is 5.61. The fraction of sp³-hybridized carbons (Fsp3) is 0.333. The highest BCUT2D eigenvalue weighted by atomic mass is 16.5. The van der Waals surface area contributed by atoms with Crippen LogP contribution in [0, 0.1) is 0 Å². The minimum Gasteiger partial charge on any atom is -0.505 e. The molecule has 4 rings (SSSR count). The van der Waals surface area contributed by atoms with E-state index < -0.39 is 5.54 Å². The number of allylic oxidation sites excluding steroid dienone is 1. The van der Waals surface area contributed by atoms with Crippen molar-refractivity contribution in [1.82, 2.24) is 4.57 Å². The Kier molecular flexibility index (Phi) is 3.75. The van der Waals surface area contributed by atoms with Gasteiger partial charge >= 0.3 is 0 Å². The Morgan fingerprint density at radius 2 is 1.69 bits per heavy atom. The molecule has 0 unspecified atom stereocenters. The number of nitrogens with zero attached hydrogens (tertiary/aromatic N) is 1. The van der Waals surface area contributed by atoms with Crippen molar-refractivity contribution in [2.75, 3.05) is 7.11 Å². The normalized spacial score (nSPS) is 18.3. The number of Topliss-reactive ketones (excluding diaryl/α,β-unsaturated/α-hetero) is 2. The van der Waals surface area contributed by atoms with Gasteiger partial charge in [-0.05, 0) is 61.7 Å². The van der Waals surface area contributed by atoms with Crippen molar-refractivity contribution in [2.45, 2.75) is 38.1 Å². The summed E-state index contributed by atoms with van der Waals surface area (Å²) >= 11 is 0. The van der Waals surface area contributed by atoms with E-state index in [9.17, 15) is 14.7 Å². The molecule has 1 aromatic carbocycles. The van der Waals surface area contributed by atoms with Crippen molar-refractivity contribution < 1.29 is 19.4 Å². The number of carbonyl (C=O) groups excluding carboxylic acids is 2. The van der Waals surface area contributed by atoms with Gasteiger partial charge in [-0.2, -0.15) is 0 Å². The summed E-state index contributed by atoms with van der Waals surface area (Å²) in [6.07, 6.45) is 3.22. The van der Waals surface area contributed by atoms with E-state index >= 15 is 0 Å². The number of aliphatic hydroxyl groups is 1. The van der Waals surface area contributed by atoms with Crippen molar-refractivity contribution in [2.24, 2.45) is 0 Å². The molecule has 5 heteroatoms. The summed E-state index contributed by atoms with van der Waals surface area (Å²) in [5.74, 6) is -0.0806. The van der Waals surface area contributed by atoms with Crippen molar-refractivity contribution >= 4 is 17.3 Å². The number of benzene rings is 1. The molecule has 0 saturated heterocycles. The first-order valence-corrected chi connectivity index (χ1v) is 8.85. The summed E-state index contributed by atoms with van der Waals surface area (Å²) in [4.78, 5) is 25.3. The second-order valence-electron chi connectivity index (χ2n) is 7.02. The standard InChI is InChI=1S/C21H21NO4/c1-13(23)18-19(24)17-10-9-16(14-5-7-15(26-2)8-6-14)22(17)21(20(18)25)11-3-4-12-21/h5-10,24H,3-4,11-12H2,1-2H3. The van der Waals surface area contributed by atoms with Crippen LogP contribution in [0.2, 0.25) is 0 Å². The summed E-state index contributed by atoms with van der Waals surface area (Å²) in [5, 5.41) is 10.6. The molecular weight excluding hydrogens is 330 g/mol. The van der Waals surface area contributed by atoms with Crippen LogP contribution in [-0.4, -0.2) is 28.3 Å². The zero-order chi connectivity index (χ0) is 18.5. The van der Waals surface area contributed by atoms with Crippen LogP contribution < -0.4 is 4.74 Å². The van der Waals surface area contributed by atoms with Gasteiger partial charge in [0.25, 0.3) is 0 Å². The second kappa shape index (κ2) is 5.87. The first kappa shape index (κ1) is 16.6. The van der Waals surface area contributed by atoms with E-state index in [1.165, 1.54) is 6.92 Å². The smallest absolute Gasteiger partial charge is 0.196 e. The number of fused-ring (bicyclic) bond motifs is 2. The highest BCUT2D eigenvalue weighted by Gasteiger charge is 2.50. The van der Waals surface area contributed by atoms with E-state index in [1.54, 1.807) is 13.2 Å². The van der Waals surface area contributed by atoms with E-state index in [4.69, 9.17) is 4.74 Å². The van der Waals surface area contributed by atoms with Gasteiger partial charge in [0.1, 0.15) is 16.9 Å². The zero-order valence-corrected chi connectivity index (χ0v) is 14.9. The molecule has 0 radical (unpaired) electrons. The van der Waals surface area contributed by atoms with Crippen LogP contribution in [0.25, 0.3) is 17.0 Å². The van der Waals surface area contributed by atoms with Gasteiger partial charge in [0.05, 0.1) is 12.8 Å². The first-order chi connectivity index (χ1) is 12.5. The average Bonchev–Trinajstić information content (AvgIpc) is 3.28. The zero-order valence-electron chi connectivity index (χ0n) is 14.9. The average molecular weight is 351 g/mol. The maximum absolute atomic E-state index is 13.3. The van der Waals surface area contributed by atoms with E-state index in [-0.39, 0.29) is 22.9 Å². The van der Waals surface area contributed by atoms with Crippen molar-refractivity contribution in [3.63, 3.8) is 0 Å². The first-order valence-electron chi connectivity index (χ1n) is 8.85. The molecule has 1 aromatic heterocycles. The fourth-order valence-electron chi connectivity index (χ4n) is 4.38. The lowest BCUT2D eigenvalue weighted by Crippen LogP contribution is -2.45. The number of ether oxygens (including phenoxy) is 1. The lowest BCUT2D eigenvalue weighted by atomic mass is 9.81. The third kappa shape index (κ3) is 2.16. The molecule has 0 amide bonds. The molecule has 0 atom stereocenters. The topological polar surface area (TPSA) is 68.5 Å². The molecule has 2 aromatic rings. The summed E-state index contributed by atoms with van der Waals surface area (Å²) in [7, 11) is 1.62. The van der Waals surface area contributed by atoms with E-state index in [1.807, 2.05) is 34.9 Å². The Morgan fingerprint density at radius 3 is 2.27 bits per heavy atom. The van der Waals surface area contributed by atoms with Gasteiger partial charge in [-0.1, -0.05) is 12.8 Å². The van der Waals surface area contributed by atoms with Crippen LogP contribution in [-0.2, 0) is 15.1 Å². The second-order valence-corrected chi connectivity index (χ2v) is 7.02. The van der Waals surface area contributed by atoms with E-state index in [2.05, 4.69) is 0 Å². The highest BCUT2D eigenvalue weighted by molar-refractivity contribution is 6.27. The minimum atomic E-state index is -0.776. The number of methoxy groups -OCH3 is 1. The van der Waals surface area contributed by atoms with Crippen molar-refractivity contribution in [1.29, 1.82) is 0 Å². The van der Waals surface area contributed by atoms with Crippen LogP contribution in [0.1, 0.15) is 38.3 Å². The van der Waals surface area contributed by atoms with Gasteiger partial charge in [-0.3, -0.25) is 9.59 Å². The van der Waals surface area contributed by atoms with Gasteiger partial charge in [0, 0.05) is 5.69 Å². The molecule has 1 aliphatic heterocycles. The van der Waals surface area contributed by atoms with Gasteiger partial charge in [-0.25, -0.2) is 0 Å². The molecule has 1 fully saturated rings. The summed E-state index contributed by atoms with van der Waals surface area (Å²) in [6, 6.07) is 11.3. The number of aromatic nitrogens is 1. The Bertz CT molecular complexity index is 927. The lowest BCUT2D eigenvalue weighted by Gasteiger charge is -2.37. The Hall–Kier alpha value is -2.82. The van der Waals surface area contributed by atoms with Gasteiger partial charge in [-0.15, -0.1) is 0 Å². The number of hydrogen-bond acceptors (Lipinski definition) is 4. The van der Waals surface area contributed by atoms with Crippen molar-refractivity contribution in [3.05, 3.63) is 47.7 Å². The molecule has 5 nitrogen and oxygen atoms in total. The molecule has 1 N–H and O–H groups in total. The summed E-state index contributed by atoms with van der Waals surface area (Å²) in [5.41, 5.74) is 1.52. The minimum absolute atomic E-state index is 0.0567. The quantitative estimate of drug-likeness (QED) is 0.852. The SMILES string of the molecule is COc1ccc(-c2ccc3n2C2(CCCC2)C(=O)C(C(C)=O)=C3O)cc1. The monoisotopic (exact) mass is 351 g/mol. The van der Waals surface area contributed by atoms with Crippen molar-refractivity contribution in [3.8, 4) is 17.0 Å². The Labute approximate surface area is 151 Å². The molecule has 0 bridgehead atoms. The Morgan fingerprint density at radius 1 is 1.08 bits per heavy atom. The number of hydrogen-bond donors (Lipinski definition) is 1. The Balaban J connectivity index is 1.97. The number of ketones is 2. The summed E-state index contributed by atoms with van der Waals surface area (Å²) < 4.78 is 7.17. The van der Waals surface area contributed by atoms with Crippen LogP contribution >= 0.6 is 0 Å². The predicted molar refractivity (Wildman–Crippen MR) is 98.1 cm³/mol. The lowest BCUT2D eigenvalue weighted by molar-refractivity contribution is -0.126. The number of aliphatic hydroxyl groups excluding tert-OH is 1. The van der Waals surface area contributed by atoms with E-state index in [0.717, 1.165) is 29.8 Å². The van der Waals surface area contributed by atoms with Crippen LogP contribution in [0.3, 0.4) is 0 Å². The fourth-order valence-corrected chi connectivity index (χ4v) is 4.38. The highest BCUT2D eigenvalue weighted by Crippen LogP contribution is 2.48.